The van der Waals surface area contributed by atoms with E-state index in [4.69, 9.17) is 20.3 Å². The lowest BCUT2D eigenvalue weighted by Gasteiger charge is -2.26. The minimum Gasteiger partial charge on any atom is -0.481 e. The molecule has 14 nitrogen and oxygen atoms in total. The highest BCUT2D eigenvalue weighted by molar-refractivity contribution is 5.96. The smallest absolute Gasteiger partial charge is 0.435 e. The third-order valence-corrected chi connectivity index (χ3v) is 10.6. The van der Waals surface area contributed by atoms with Crippen LogP contribution in [0.3, 0.4) is 0 Å². The number of ether oxygens (including phenoxy) is 2. The van der Waals surface area contributed by atoms with Gasteiger partial charge in [-0.2, -0.15) is 36.5 Å². The molecule has 0 saturated heterocycles. The number of carbonyl (C=O) groups is 4. The predicted molar refractivity (Wildman–Crippen MR) is 225 cm³/mol. The van der Waals surface area contributed by atoms with Crippen LogP contribution in [-0.4, -0.2) is 94.3 Å². The first kappa shape index (κ1) is 53.0. The van der Waals surface area contributed by atoms with Gasteiger partial charge in [0.25, 0.3) is 11.8 Å². The van der Waals surface area contributed by atoms with Gasteiger partial charge in [0, 0.05) is 58.6 Å². The number of para-hydroxylation sites is 2. The van der Waals surface area contributed by atoms with Crippen molar-refractivity contribution in [3.8, 4) is 11.4 Å². The number of hydrogen-bond donors (Lipinski definition) is 4. The number of aliphatic carboxylic acids is 1. The van der Waals surface area contributed by atoms with E-state index in [1.54, 1.807) is 74.9 Å². The Morgan fingerprint density at radius 3 is 1.42 bits per heavy atom. The van der Waals surface area contributed by atoms with Gasteiger partial charge in [-0.15, -0.1) is 12.4 Å². The number of nitrogens with two attached hydrogens (primary N) is 1. The quantitative estimate of drug-likeness (QED) is 0.0729. The first-order chi connectivity index (χ1) is 30.0. The maximum absolute atomic E-state index is 13.4. The molecule has 352 valence electrons. The molecule has 64 heavy (non-hydrogen) atoms. The maximum Gasteiger partial charge on any atom is 0.435 e. The van der Waals surface area contributed by atoms with Crippen LogP contribution in [-0.2, 0) is 31.4 Å². The second kappa shape index (κ2) is 25.2. The highest BCUT2D eigenvalue weighted by Crippen LogP contribution is 2.33. The van der Waals surface area contributed by atoms with Gasteiger partial charge in [-0.05, 0) is 82.1 Å². The molecule has 2 aliphatic carbocycles. The highest BCUT2D eigenvalue weighted by Gasteiger charge is 2.40. The molecule has 2 saturated carbocycles. The summed E-state index contributed by atoms with van der Waals surface area (Å²) in [7, 11) is 3.36. The van der Waals surface area contributed by atoms with Crippen LogP contribution in [0.5, 0.6) is 0 Å². The molecule has 0 unspecified atom stereocenters. The second-order valence-corrected chi connectivity index (χ2v) is 15.0. The van der Waals surface area contributed by atoms with Gasteiger partial charge in [0.15, 0.2) is 11.4 Å². The highest BCUT2D eigenvalue weighted by atomic mass is 35.5. The van der Waals surface area contributed by atoms with Gasteiger partial charge in [-0.25, -0.2) is 9.36 Å². The Hall–Kier alpha value is -5.31. The molecule has 2 fully saturated rings. The second-order valence-electron chi connectivity index (χ2n) is 15.0. The lowest BCUT2D eigenvalue weighted by molar-refractivity contribution is -0.144. The van der Waals surface area contributed by atoms with Crippen LogP contribution in [0.25, 0.3) is 11.4 Å². The number of halogens is 7. The fourth-order valence-electron chi connectivity index (χ4n) is 7.14. The number of rotatable bonds is 14. The van der Waals surface area contributed by atoms with E-state index in [9.17, 15) is 45.5 Å². The van der Waals surface area contributed by atoms with Gasteiger partial charge in [0.05, 0.1) is 40.6 Å². The molecular formula is C43H54ClF6N7O7. The topological polar surface area (TPSA) is 193 Å². The molecular weight excluding hydrogens is 876 g/mol. The SMILES string of the molecule is COC1CCC(C(=O)CCCNC(=O)c2cn(-c3ccccc3)nc2C(F)(F)F)CC1.COC1CCC(C(=O)O)CC1.Cl.NCCNC(=O)c1cn(-c2ccccc2)nc1C(F)(F)F. The Labute approximate surface area is 372 Å². The van der Waals surface area contributed by atoms with Crippen LogP contribution in [0, 0.1) is 11.8 Å². The summed E-state index contributed by atoms with van der Waals surface area (Å²) in [6.45, 7) is 0.346. The average molecular weight is 930 g/mol. The number of nitrogens with one attached hydrogen (secondary N) is 2. The number of carbonyl (C=O) groups excluding carboxylic acids is 3. The molecule has 21 heteroatoms. The predicted octanol–water partition coefficient (Wildman–Crippen LogP) is 7.45. The molecule has 0 bridgehead atoms. The van der Waals surface area contributed by atoms with Crippen LogP contribution in [0.4, 0.5) is 26.3 Å². The van der Waals surface area contributed by atoms with E-state index >= 15 is 0 Å². The number of nitrogens with zero attached hydrogens (tertiary/aromatic N) is 4. The minimum absolute atomic E-state index is 0. The van der Waals surface area contributed by atoms with Crippen molar-refractivity contribution in [2.75, 3.05) is 33.9 Å². The molecule has 5 N–H and O–H groups in total. The lowest BCUT2D eigenvalue weighted by Crippen LogP contribution is -2.30. The fraction of sp³-hybridized carbons (Fsp3) is 0.488. The number of alkyl halides is 6. The van der Waals surface area contributed by atoms with Crippen LogP contribution in [0.2, 0.25) is 0 Å². The van der Waals surface area contributed by atoms with E-state index in [1.807, 2.05) is 0 Å². The van der Waals surface area contributed by atoms with Crippen molar-refractivity contribution in [3.63, 3.8) is 0 Å². The summed E-state index contributed by atoms with van der Waals surface area (Å²) in [5.74, 6) is -2.35. The van der Waals surface area contributed by atoms with E-state index in [1.165, 1.54) is 0 Å². The van der Waals surface area contributed by atoms with E-state index in [2.05, 4.69) is 20.8 Å². The van der Waals surface area contributed by atoms with Gasteiger partial charge in [0.2, 0.25) is 0 Å². The van der Waals surface area contributed by atoms with E-state index in [0.29, 0.717) is 23.9 Å². The molecule has 4 aromatic rings. The molecule has 0 radical (unpaired) electrons. The third kappa shape index (κ3) is 15.7. The summed E-state index contributed by atoms with van der Waals surface area (Å²) in [4.78, 5) is 47.1. The van der Waals surface area contributed by atoms with Crippen molar-refractivity contribution in [1.82, 2.24) is 30.2 Å². The number of benzene rings is 2. The number of Topliss-reactive ketones (excluding diaryl/α,β-unsaturated/α-hetero) is 1. The van der Waals surface area contributed by atoms with E-state index < -0.39 is 52.7 Å². The van der Waals surface area contributed by atoms with Crippen LogP contribution < -0.4 is 16.4 Å². The molecule has 0 aliphatic heterocycles. The molecule has 2 heterocycles. The van der Waals surface area contributed by atoms with Gasteiger partial charge < -0.3 is 30.9 Å². The Morgan fingerprint density at radius 1 is 0.672 bits per heavy atom. The fourth-order valence-corrected chi connectivity index (χ4v) is 7.14. The number of methoxy groups -OCH3 is 2. The molecule has 2 aromatic heterocycles. The van der Waals surface area contributed by atoms with Gasteiger partial charge in [-0.1, -0.05) is 36.4 Å². The van der Waals surface area contributed by atoms with Gasteiger partial charge >= 0.3 is 18.3 Å². The summed E-state index contributed by atoms with van der Waals surface area (Å²) in [5, 5.41) is 20.5. The van der Waals surface area contributed by atoms with Crippen molar-refractivity contribution < 1.29 is 60.1 Å². The zero-order valence-electron chi connectivity index (χ0n) is 35.4. The maximum atomic E-state index is 13.4. The minimum atomic E-state index is -4.76. The zero-order valence-corrected chi connectivity index (χ0v) is 36.2. The summed E-state index contributed by atoms with van der Waals surface area (Å²) in [6, 6.07) is 16.5. The van der Waals surface area contributed by atoms with Gasteiger partial charge in [-0.3, -0.25) is 19.2 Å². The molecule has 0 atom stereocenters. The number of hydrogen-bond acceptors (Lipinski definition) is 9. The summed E-state index contributed by atoms with van der Waals surface area (Å²) in [5.41, 5.74) is 2.54. The standard InChI is InChI=1S/C22H26F3N3O3.C13H13F3N4O.C8H14O3.ClH/c1-31-17-11-9-15(10-12-17)19(29)8-5-13-26-21(30)18-14-28(16-6-3-2-4-7-16)27-20(18)22(23,24)25;14-13(15,16)11-10(12(21)18-7-6-17)8-20(19-11)9-4-2-1-3-5-9;1-11-7-4-2-6(3-5-7)8(9)10;/h2-4,6-7,14-15,17H,5,8-13H2,1H3,(H,26,30);1-5,8H,6-7,17H2,(H,18,21);6-7H,2-5H2,1H3,(H,9,10);1H. The first-order valence-electron chi connectivity index (χ1n) is 20.5. The normalized spacial score (nSPS) is 18.5. The molecule has 2 aromatic carbocycles. The first-order valence-corrected chi connectivity index (χ1v) is 20.5. The van der Waals surface area contributed by atoms with Crippen LogP contribution >= 0.6 is 12.4 Å². The lowest BCUT2D eigenvalue weighted by atomic mass is 9.83. The number of carboxylic acids is 1. The van der Waals surface area contributed by atoms with E-state index in [0.717, 1.165) is 73.1 Å². The number of aromatic nitrogens is 4. The molecule has 2 aliphatic rings. The van der Waals surface area contributed by atoms with Crippen molar-refractivity contribution >= 4 is 36.0 Å². The Kier molecular flexibility index (Phi) is 20.9. The Morgan fingerprint density at radius 2 is 1.06 bits per heavy atom. The van der Waals surface area contributed by atoms with Crippen molar-refractivity contribution in [2.45, 2.75) is 88.8 Å². The summed E-state index contributed by atoms with van der Waals surface area (Å²) in [6.07, 6.45) is 0.465. The number of amides is 2. The van der Waals surface area contributed by atoms with E-state index in [-0.39, 0.29) is 62.2 Å². The van der Waals surface area contributed by atoms with Gasteiger partial charge in [0.1, 0.15) is 5.78 Å². The molecule has 2 amide bonds. The summed E-state index contributed by atoms with van der Waals surface area (Å²) >= 11 is 0. The monoisotopic (exact) mass is 929 g/mol. The van der Waals surface area contributed by atoms with Crippen molar-refractivity contribution in [1.29, 1.82) is 0 Å². The molecule has 0 spiro atoms. The zero-order chi connectivity index (χ0) is 46.2. The van der Waals surface area contributed by atoms with Crippen LogP contribution in [0.1, 0.15) is 96.3 Å². The average Bonchev–Trinajstić information content (AvgIpc) is 3.96. The Balaban J connectivity index is 0.000000284. The van der Waals surface area contributed by atoms with Crippen molar-refractivity contribution in [2.24, 2.45) is 17.6 Å². The third-order valence-electron chi connectivity index (χ3n) is 10.6. The largest absolute Gasteiger partial charge is 0.481 e. The van der Waals surface area contributed by atoms with Crippen molar-refractivity contribution in [3.05, 3.63) is 95.6 Å². The van der Waals surface area contributed by atoms with Crippen LogP contribution in [0.15, 0.2) is 73.1 Å². The molecule has 6 rings (SSSR count). The number of carboxylic acid groups (broad SMARTS) is 1. The number of ketones is 1. The summed E-state index contributed by atoms with van der Waals surface area (Å²) < 4.78 is 91.6. The Bertz CT molecular complexity index is 2070.